The van der Waals surface area contributed by atoms with Crippen molar-refractivity contribution >= 4 is 11.7 Å². The van der Waals surface area contributed by atoms with Crippen molar-refractivity contribution in [2.24, 2.45) is 0 Å². The third-order valence-corrected chi connectivity index (χ3v) is 3.30. The van der Waals surface area contributed by atoms with E-state index in [1.54, 1.807) is 0 Å². The fourth-order valence-electron chi connectivity index (χ4n) is 2.34. The molecule has 1 aliphatic rings. The van der Waals surface area contributed by atoms with Crippen molar-refractivity contribution in [3.63, 3.8) is 0 Å². The van der Waals surface area contributed by atoms with E-state index < -0.39 is 18.8 Å². The predicted octanol–water partition coefficient (Wildman–Crippen LogP) is 3.32. The van der Waals surface area contributed by atoms with E-state index in [1.807, 2.05) is 4.90 Å². The van der Waals surface area contributed by atoms with Crippen molar-refractivity contribution in [3.8, 4) is 5.75 Å². The summed E-state index contributed by atoms with van der Waals surface area (Å²) in [5.74, 6) is -1.07. The highest BCUT2D eigenvalue weighted by Gasteiger charge is 2.28. The van der Waals surface area contributed by atoms with Crippen molar-refractivity contribution in [3.05, 3.63) is 23.8 Å². The number of carbonyl (C=O) groups is 1. The van der Waals surface area contributed by atoms with E-state index in [4.69, 9.17) is 4.74 Å². The number of carboxylic acid groups (broad SMARTS) is 1. The highest BCUT2D eigenvalue weighted by atomic mass is 19.4. The molecule has 0 bridgehead atoms. The number of hydrogen-bond donors (Lipinski definition) is 1. The van der Waals surface area contributed by atoms with Crippen molar-refractivity contribution in [2.75, 3.05) is 24.6 Å². The van der Waals surface area contributed by atoms with Gasteiger partial charge in [-0.05, 0) is 31.4 Å². The molecule has 0 aromatic heterocycles. The van der Waals surface area contributed by atoms with Gasteiger partial charge < -0.3 is 14.7 Å². The molecule has 4 nitrogen and oxygen atoms in total. The molecular formula is C14H16F3NO3. The largest absolute Gasteiger partial charge is 0.484 e. The molecule has 1 saturated heterocycles. The number of piperidine rings is 1. The summed E-state index contributed by atoms with van der Waals surface area (Å²) in [5.41, 5.74) is 0.498. The van der Waals surface area contributed by atoms with Crippen molar-refractivity contribution in [1.29, 1.82) is 0 Å². The first kappa shape index (κ1) is 15.5. The summed E-state index contributed by atoms with van der Waals surface area (Å²) >= 11 is 0. The average molecular weight is 303 g/mol. The molecule has 0 aliphatic carbocycles. The Hall–Kier alpha value is -1.92. The Kier molecular flexibility index (Phi) is 4.59. The first-order valence-electron chi connectivity index (χ1n) is 6.69. The molecule has 0 amide bonds. The zero-order valence-electron chi connectivity index (χ0n) is 11.3. The van der Waals surface area contributed by atoms with Crippen LogP contribution in [0, 0.1) is 0 Å². The van der Waals surface area contributed by atoms with Crippen LogP contribution >= 0.6 is 0 Å². The molecule has 21 heavy (non-hydrogen) atoms. The Balaban J connectivity index is 2.23. The molecule has 7 heteroatoms. The fraction of sp³-hybridized carbons (Fsp3) is 0.500. The summed E-state index contributed by atoms with van der Waals surface area (Å²) < 4.78 is 41.2. The second-order valence-electron chi connectivity index (χ2n) is 4.94. The Bertz CT molecular complexity index is 511. The van der Waals surface area contributed by atoms with Gasteiger partial charge in [0.15, 0.2) is 6.61 Å². The molecule has 1 N–H and O–H groups in total. The highest BCUT2D eigenvalue weighted by molar-refractivity contribution is 5.94. The minimum absolute atomic E-state index is 0.0258. The Labute approximate surface area is 120 Å². The van der Waals surface area contributed by atoms with E-state index in [9.17, 15) is 23.1 Å². The van der Waals surface area contributed by atoms with Crippen LogP contribution in [-0.4, -0.2) is 36.9 Å². The molecule has 1 heterocycles. The molecule has 1 aromatic rings. The van der Waals surface area contributed by atoms with Crippen LogP contribution in [0.5, 0.6) is 5.75 Å². The van der Waals surface area contributed by atoms with Crippen LogP contribution in [0.4, 0.5) is 18.9 Å². The average Bonchev–Trinajstić information content (AvgIpc) is 2.45. The van der Waals surface area contributed by atoms with Gasteiger partial charge in [-0.3, -0.25) is 0 Å². The maximum atomic E-state index is 12.2. The number of anilines is 1. The summed E-state index contributed by atoms with van der Waals surface area (Å²) in [6.45, 7) is 0.00483. The normalized spacial score (nSPS) is 15.9. The number of carboxylic acids is 1. The molecule has 1 aliphatic heterocycles. The standard InChI is InChI=1S/C14H16F3NO3/c15-14(16,17)9-21-10-4-5-11(13(19)20)12(8-10)18-6-2-1-3-7-18/h4-5,8H,1-3,6-7,9H2,(H,19,20). The van der Waals surface area contributed by atoms with E-state index in [-0.39, 0.29) is 11.3 Å². The van der Waals surface area contributed by atoms with Gasteiger partial charge in [-0.2, -0.15) is 13.2 Å². The smallest absolute Gasteiger partial charge is 0.422 e. The fourth-order valence-corrected chi connectivity index (χ4v) is 2.34. The van der Waals surface area contributed by atoms with Gasteiger partial charge in [0.05, 0.1) is 11.3 Å². The summed E-state index contributed by atoms with van der Waals surface area (Å²) in [6, 6.07) is 3.92. The minimum atomic E-state index is -4.42. The second-order valence-corrected chi connectivity index (χ2v) is 4.94. The number of nitrogens with zero attached hydrogens (tertiary/aromatic N) is 1. The minimum Gasteiger partial charge on any atom is -0.484 e. The van der Waals surface area contributed by atoms with Gasteiger partial charge in [0, 0.05) is 19.2 Å². The lowest BCUT2D eigenvalue weighted by Crippen LogP contribution is -2.30. The number of ether oxygens (including phenoxy) is 1. The zero-order valence-corrected chi connectivity index (χ0v) is 11.3. The van der Waals surface area contributed by atoms with E-state index in [0.29, 0.717) is 18.8 Å². The Morgan fingerprint density at radius 3 is 2.48 bits per heavy atom. The highest BCUT2D eigenvalue weighted by Crippen LogP contribution is 2.29. The lowest BCUT2D eigenvalue weighted by Gasteiger charge is -2.30. The first-order chi connectivity index (χ1) is 9.87. The third-order valence-electron chi connectivity index (χ3n) is 3.30. The van der Waals surface area contributed by atoms with Gasteiger partial charge in [0.25, 0.3) is 0 Å². The van der Waals surface area contributed by atoms with Gasteiger partial charge in [-0.1, -0.05) is 0 Å². The van der Waals surface area contributed by atoms with Crippen LogP contribution in [-0.2, 0) is 0 Å². The van der Waals surface area contributed by atoms with Crippen LogP contribution in [0.2, 0.25) is 0 Å². The van der Waals surface area contributed by atoms with Crippen LogP contribution in [0.3, 0.4) is 0 Å². The number of rotatable bonds is 4. The molecule has 0 saturated carbocycles. The van der Waals surface area contributed by atoms with Gasteiger partial charge >= 0.3 is 12.1 Å². The van der Waals surface area contributed by atoms with E-state index in [1.165, 1.54) is 18.2 Å². The number of alkyl halides is 3. The Morgan fingerprint density at radius 2 is 1.90 bits per heavy atom. The molecule has 0 atom stereocenters. The van der Waals surface area contributed by atoms with Crippen LogP contribution in [0.1, 0.15) is 29.6 Å². The summed E-state index contributed by atoms with van der Waals surface area (Å²) in [7, 11) is 0. The SMILES string of the molecule is O=C(O)c1ccc(OCC(F)(F)F)cc1N1CCCCC1. The first-order valence-corrected chi connectivity index (χ1v) is 6.69. The van der Waals surface area contributed by atoms with Crippen molar-refractivity contribution in [2.45, 2.75) is 25.4 Å². The summed E-state index contributed by atoms with van der Waals surface area (Å²) in [6.07, 6.45) is -1.47. The van der Waals surface area contributed by atoms with Gasteiger partial charge in [0.1, 0.15) is 5.75 Å². The number of benzene rings is 1. The van der Waals surface area contributed by atoms with Crippen molar-refractivity contribution in [1.82, 2.24) is 0 Å². The molecule has 116 valence electrons. The molecule has 2 rings (SSSR count). The number of hydrogen-bond acceptors (Lipinski definition) is 3. The summed E-state index contributed by atoms with van der Waals surface area (Å²) in [4.78, 5) is 13.1. The van der Waals surface area contributed by atoms with Crippen LogP contribution < -0.4 is 9.64 Å². The maximum absolute atomic E-state index is 12.2. The zero-order chi connectivity index (χ0) is 15.5. The lowest BCUT2D eigenvalue weighted by atomic mass is 10.1. The Morgan fingerprint density at radius 1 is 1.24 bits per heavy atom. The summed E-state index contributed by atoms with van der Waals surface area (Å²) in [5, 5.41) is 9.20. The second kappa shape index (κ2) is 6.24. The van der Waals surface area contributed by atoms with Crippen molar-refractivity contribution < 1.29 is 27.8 Å². The third kappa shape index (κ3) is 4.27. The lowest BCUT2D eigenvalue weighted by molar-refractivity contribution is -0.153. The molecule has 1 fully saturated rings. The van der Waals surface area contributed by atoms with Gasteiger partial charge in [0.2, 0.25) is 0 Å². The molecule has 0 spiro atoms. The van der Waals surface area contributed by atoms with Crippen LogP contribution in [0.15, 0.2) is 18.2 Å². The molecule has 0 unspecified atom stereocenters. The van der Waals surface area contributed by atoms with Gasteiger partial charge in [-0.15, -0.1) is 0 Å². The van der Waals surface area contributed by atoms with Gasteiger partial charge in [-0.25, -0.2) is 4.79 Å². The number of aromatic carboxylic acids is 1. The van der Waals surface area contributed by atoms with E-state index >= 15 is 0 Å². The quantitative estimate of drug-likeness (QED) is 0.927. The predicted molar refractivity (Wildman–Crippen MR) is 71.0 cm³/mol. The van der Waals surface area contributed by atoms with E-state index in [2.05, 4.69) is 0 Å². The number of halogens is 3. The van der Waals surface area contributed by atoms with E-state index in [0.717, 1.165) is 19.3 Å². The molecular weight excluding hydrogens is 287 g/mol. The molecule has 0 radical (unpaired) electrons. The maximum Gasteiger partial charge on any atom is 0.422 e. The topological polar surface area (TPSA) is 49.8 Å². The molecule has 1 aromatic carbocycles. The van der Waals surface area contributed by atoms with Crippen LogP contribution in [0.25, 0.3) is 0 Å². The monoisotopic (exact) mass is 303 g/mol.